The number of rotatable bonds is 8. The highest BCUT2D eigenvalue weighted by Gasteiger charge is 2.35. The van der Waals surface area contributed by atoms with Crippen LogP contribution in [0, 0.1) is 0 Å². The first kappa shape index (κ1) is 19.9. The molecule has 0 N–H and O–H groups in total. The van der Waals surface area contributed by atoms with Gasteiger partial charge in [-0.25, -0.2) is 8.42 Å². The van der Waals surface area contributed by atoms with Crippen LogP contribution in [-0.4, -0.2) is 62.4 Å². The van der Waals surface area contributed by atoms with E-state index in [2.05, 4.69) is 11.8 Å². The van der Waals surface area contributed by atoms with Crippen LogP contribution in [0.4, 0.5) is 0 Å². The summed E-state index contributed by atoms with van der Waals surface area (Å²) >= 11 is 0. The summed E-state index contributed by atoms with van der Waals surface area (Å²) < 4.78 is 32.3. The Kier molecular flexibility index (Phi) is 7.40. The lowest BCUT2D eigenvalue weighted by molar-refractivity contribution is -0.145. The van der Waals surface area contributed by atoms with E-state index >= 15 is 0 Å². The minimum atomic E-state index is -3.53. The number of ether oxygens (including phenoxy) is 1. The molecule has 1 atom stereocenters. The van der Waals surface area contributed by atoms with Gasteiger partial charge in [0.15, 0.2) is 0 Å². The van der Waals surface area contributed by atoms with E-state index < -0.39 is 10.0 Å². The summed E-state index contributed by atoms with van der Waals surface area (Å²) in [7, 11) is -3.53. The molecule has 0 aromatic heterocycles. The lowest BCUT2D eigenvalue weighted by Gasteiger charge is -2.40. The van der Waals surface area contributed by atoms with E-state index in [1.54, 1.807) is 37.3 Å². The molecule has 0 amide bonds. The number of carbonyl (C=O) groups is 1. The number of hydrogen-bond donors (Lipinski definition) is 0. The van der Waals surface area contributed by atoms with E-state index in [1.807, 2.05) is 0 Å². The Balaban J connectivity index is 2.14. The minimum Gasteiger partial charge on any atom is -0.466 e. The van der Waals surface area contributed by atoms with Crippen LogP contribution in [0.3, 0.4) is 0 Å². The molecule has 0 radical (unpaired) electrons. The molecule has 1 aromatic carbocycles. The lowest BCUT2D eigenvalue weighted by Crippen LogP contribution is -2.55. The summed E-state index contributed by atoms with van der Waals surface area (Å²) in [4.78, 5) is 14.5. The van der Waals surface area contributed by atoms with Gasteiger partial charge < -0.3 is 4.74 Å². The fourth-order valence-corrected chi connectivity index (χ4v) is 4.58. The van der Waals surface area contributed by atoms with Gasteiger partial charge >= 0.3 is 5.97 Å². The van der Waals surface area contributed by atoms with Crippen molar-refractivity contribution in [3.05, 3.63) is 30.3 Å². The largest absolute Gasteiger partial charge is 0.466 e. The molecule has 1 unspecified atom stereocenters. The predicted molar refractivity (Wildman–Crippen MR) is 96.7 cm³/mol. The van der Waals surface area contributed by atoms with Crippen molar-refractivity contribution in [1.29, 1.82) is 0 Å². The number of sulfonamides is 1. The average Bonchev–Trinajstić information content (AvgIpc) is 2.61. The minimum absolute atomic E-state index is 0.141. The zero-order valence-corrected chi connectivity index (χ0v) is 15.9. The van der Waals surface area contributed by atoms with E-state index in [1.165, 1.54) is 4.31 Å². The Morgan fingerprint density at radius 1 is 1.20 bits per heavy atom. The molecule has 1 aromatic rings. The van der Waals surface area contributed by atoms with Crippen molar-refractivity contribution in [2.75, 3.05) is 32.8 Å². The van der Waals surface area contributed by atoms with Crippen LogP contribution in [0.2, 0.25) is 0 Å². The molecule has 1 heterocycles. The number of piperazine rings is 1. The summed E-state index contributed by atoms with van der Waals surface area (Å²) in [6.07, 6.45) is 2.32. The number of esters is 1. The number of carbonyl (C=O) groups excluding carboxylic acids is 1. The van der Waals surface area contributed by atoms with Crippen LogP contribution in [0.25, 0.3) is 0 Å². The summed E-state index contributed by atoms with van der Waals surface area (Å²) in [6.45, 7) is 6.51. The molecule has 0 bridgehead atoms. The summed E-state index contributed by atoms with van der Waals surface area (Å²) in [5.74, 6) is -0.270. The third kappa shape index (κ3) is 5.26. The Hall–Kier alpha value is -1.44. The van der Waals surface area contributed by atoms with Crippen molar-refractivity contribution in [1.82, 2.24) is 9.21 Å². The molecular formula is C18H28N2O4S. The number of benzene rings is 1. The highest BCUT2D eigenvalue weighted by molar-refractivity contribution is 7.89. The van der Waals surface area contributed by atoms with Crippen LogP contribution in [0.15, 0.2) is 35.2 Å². The third-order valence-corrected chi connectivity index (χ3v) is 6.33. The van der Waals surface area contributed by atoms with Crippen LogP contribution in [0.5, 0.6) is 0 Å². The zero-order valence-electron chi connectivity index (χ0n) is 15.1. The summed E-state index contributed by atoms with van der Waals surface area (Å²) in [6, 6.07) is 8.32. The number of unbranched alkanes of at least 4 members (excludes halogenated alkanes) is 1. The second-order valence-corrected chi connectivity index (χ2v) is 8.17. The van der Waals surface area contributed by atoms with Crippen LogP contribution < -0.4 is 0 Å². The van der Waals surface area contributed by atoms with Crippen LogP contribution in [0.1, 0.15) is 33.1 Å². The van der Waals surface area contributed by atoms with Crippen molar-refractivity contribution in [2.45, 2.75) is 44.0 Å². The molecular weight excluding hydrogens is 340 g/mol. The van der Waals surface area contributed by atoms with E-state index in [9.17, 15) is 13.2 Å². The normalized spacial score (nSPS) is 19.7. The van der Waals surface area contributed by atoms with Gasteiger partial charge in [-0.1, -0.05) is 31.5 Å². The molecule has 1 aliphatic heterocycles. The van der Waals surface area contributed by atoms with Gasteiger partial charge in [0.2, 0.25) is 10.0 Å². The lowest BCUT2D eigenvalue weighted by atomic mass is 10.1. The third-order valence-electron chi connectivity index (χ3n) is 4.45. The smallest absolute Gasteiger partial charge is 0.307 e. The molecule has 1 aliphatic rings. The monoisotopic (exact) mass is 368 g/mol. The SMILES string of the molecule is CCCCN1CCN(S(=O)(=O)c2ccccc2)CC1CC(=O)OCC. The molecule has 1 fully saturated rings. The highest BCUT2D eigenvalue weighted by Crippen LogP contribution is 2.22. The topological polar surface area (TPSA) is 66.9 Å². The van der Waals surface area contributed by atoms with Gasteiger partial charge in [0.05, 0.1) is 17.9 Å². The van der Waals surface area contributed by atoms with Crippen LogP contribution >= 0.6 is 0 Å². The summed E-state index contributed by atoms with van der Waals surface area (Å²) in [5, 5.41) is 0. The number of hydrogen-bond acceptors (Lipinski definition) is 5. The van der Waals surface area contributed by atoms with E-state index in [0.717, 1.165) is 19.4 Å². The second-order valence-electron chi connectivity index (χ2n) is 6.23. The van der Waals surface area contributed by atoms with Crippen molar-refractivity contribution >= 4 is 16.0 Å². The van der Waals surface area contributed by atoms with Crippen molar-refractivity contribution < 1.29 is 17.9 Å². The van der Waals surface area contributed by atoms with Gasteiger partial charge in [-0.15, -0.1) is 0 Å². The van der Waals surface area contributed by atoms with E-state index in [-0.39, 0.29) is 18.4 Å². The quantitative estimate of drug-likeness (QED) is 0.658. The fraction of sp³-hybridized carbons (Fsp3) is 0.611. The molecule has 25 heavy (non-hydrogen) atoms. The maximum absolute atomic E-state index is 12.9. The van der Waals surface area contributed by atoms with Crippen molar-refractivity contribution in [3.63, 3.8) is 0 Å². The van der Waals surface area contributed by atoms with E-state index in [4.69, 9.17) is 4.74 Å². The molecule has 140 valence electrons. The Labute approximate surface area is 150 Å². The van der Waals surface area contributed by atoms with Crippen molar-refractivity contribution in [2.24, 2.45) is 0 Å². The standard InChI is InChI=1S/C18H28N2O4S/c1-3-5-11-19-12-13-20(15-16(19)14-18(21)24-4-2)25(22,23)17-9-7-6-8-10-17/h6-10,16H,3-5,11-15H2,1-2H3. The van der Waals surface area contributed by atoms with Gasteiger partial charge in [0, 0.05) is 25.7 Å². The van der Waals surface area contributed by atoms with Gasteiger partial charge in [0.1, 0.15) is 0 Å². The van der Waals surface area contributed by atoms with Gasteiger partial charge in [-0.05, 0) is 32.0 Å². The first-order valence-electron chi connectivity index (χ1n) is 8.94. The van der Waals surface area contributed by atoms with Crippen molar-refractivity contribution in [3.8, 4) is 0 Å². The highest BCUT2D eigenvalue weighted by atomic mass is 32.2. The molecule has 1 saturated heterocycles. The summed E-state index contributed by atoms with van der Waals surface area (Å²) in [5.41, 5.74) is 0. The van der Waals surface area contributed by atoms with Gasteiger partial charge in [-0.2, -0.15) is 4.31 Å². The van der Waals surface area contributed by atoms with Gasteiger partial charge in [-0.3, -0.25) is 9.69 Å². The maximum Gasteiger partial charge on any atom is 0.307 e. The molecule has 0 aliphatic carbocycles. The van der Waals surface area contributed by atoms with E-state index in [0.29, 0.717) is 31.1 Å². The van der Waals surface area contributed by atoms with Crippen LogP contribution in [-0.2, 0) is 19.6 Å². The van der Waals surface area contributed by atoms with Gasteiger partial charge in [0.25, 0.3) is 0 Å². The Bertz CT molecular complexity index is 648. The first-order valence-corrected chi connectivity index (χ1v) is 10.4. The second kappa shape index (κ2) is 9.31. The molecule has 0 saturated carbocycles. The molecule has 6 nitrogen and oxygen atoms in total. The predicted octanol–water partition coefficient (Wildman–Crippen LogP) is 2.11. The zero-order chi connectivity index (χ0) is 18.3. The molecule has 2 rings (SSSR count). The molecule has 7 heteroatoms. The fourth-order valence-electron chi connectivity index (χ4n) is 3.09. The Morgan fingerprint density at radius 2 is 1.92 bits per heavy atom. The average molecular weight is 368 g/mol. The number of nitrogens with zero attached hydrogens (tertiary/aromatic N) is 2. The first-order chi connectivity index (χ1) is 12.0. The molecule has 0 spiro atoms. The Morgan fingerprint density at radius 3 is 2.56 bits per heavy atom. The maximum atomic E-state index is 12.9.